The number of benzene rings is 1. The Kier molecular flexibility index (Phi) is 4.43. The Bertz CT molecular complexity index is 660. The minimum Gasteiger partial charge on any atom is -0.324 e. The van der Waals surface area contributed by atoms with Gasteiger partial charge in [0.05, 0.1) is 11.7 Å². The number of carbonyl (C=O) groups excluding carboxylic acids is 1. The lowest BCUT2D eigenvalue weighted by Crippen LogP contribution is -2.29. The van der Waals surface area contributed by atoms with Gasteiger partial charge in [-0.2, -0.15) is 0 Å². The molecule has 3 N–H and O–H groups in total. The third-order valence-electron chi connectivity index (χ3n) is 2.97. The number of nitrogens with two attached hydrogens (primary N) is 1. The molecule has 112 valence electrons. The summed E-state index contributed by atoms with van der Waals surface area (Å²) < 4.78 is 2.46. The van der Waals surface area contributed by atoms with Gasteiger partial charge in [-0.25, -0.2) is 4.68 Å². The van der Waals surface area contributed by atoms with E-state index in [9.17, 15) is 4.79 Å². The van der Waals surface area contributed by atoms with Crippen LogP contribution in [0.2, 0.25) is 0 Å². The summed E-state index contributed by atoms with van der Waals surface area (Å²) in [5.41, 5.74) is 7.78. The Hall–Kier alpha value is -1.73. The number of aryl methyl sites for hydroxylation is 1. The van der Waals surface area contributed by atoms with Crippen molar-refractivity contribution in [3.05, 3.63) is 40.1 Å². The van der Waals surface area contributed by atoms with Crippen molar-refractivity contribution in [1.29, 1.82) is 0 Å². The van der Waals surface area contributed by atoms with E-state index in [0.29, 0.717) is 5.69 Å². The van der Waals surface area contributed by atoms with E-state index in [2.05, 4.69) is 31.6 Å². The molecule has 0 unspecified atom stereocenters. The van der Waals surface area contributed by atoms with Gasteiger partial charge in [-0.1, -0.05) is 21.1 Å². The number of aromatic nitrogens is 3. The smallest absolute Gasteiger partial charge is 0.246 e. The highest BCUT2D eigenvalue weighted by molar-refractivity contribution is 9.10. The SMILES string of the molecule is Cc1cc(Br)ccc1NC(=O)Cn1cc(C(C)(C)N)nn1. The molecule has 0 aliphatic carbocycles. The molecule has 0 spiro atoms. The molecule has 1 amide bonds. The Labute approximate surface area is 131 Å². The standard InChI is InChI=1S/C14H18BrN5O/c1-9-6-10(15)4-5-11(9)17-13(21)8-20-7-12(18-19-20)14(2,3)16/h4-7H,8,16H2,1-3H3,(H,17,21). The number of amides is 1. The largest absolute Gasteiger partial charge is 0.324 e. The highest BCUT2D eigenvalue weighted by Gasteiger charge is 2.19. The second-order valence-electron chi connectivity index (χ2n) is 5.53. The van der Waals surface area contributed by atoms with Gasteiger partial charge in [0.15, 0.2) is 0 Å². The predicted molar refractivity (Wildman–Crippen MR) is 84.7 cm³/mol. The van der Waals surface area contributed by atoms with Gasteiger partial charge >= 0.3 is 0 Å². The summed E-state index contributed by atoms with van der Waals surface area (Å²) >= 11 is 3.39. The third kappa shape index (κ3) is 4.12. The number of anilines is 1. The lowest BCUT2D eigenvalue weighted by atomic mass is 10.0. The van der Waals surface area contributed by atoms with E-state index >= 15 is 0 Å². The highest BCUT2D eigenvalue weighted by Crippen LogP contribution is 2.20. The molecule has 2 rings (SSSR count). The van der Waals surface area contributed by atoms with E-state index in [1.807, 2.05) is 39.0 Å². The Morgan fingerprint density at radius 1 is 1.48 bits per heavy atom. The van der Waals surface area contributed by atoms with Crippen molar-refractivity contribution < 1.29 is 4.79 Å². The molecular formula is C14H18BrN5O. The Balaban J connectivity index is 2.03. The first kappa shape index (κ1) is 15.7. The van der Waals surface area contributed by atoms with Crippen LogP contribution in [-0.4, -0.2) is 20.9 Å². The maximum atomic E-state index is 12.0. The van der Waals surface area contributed by atoms with Crippen molar-refractivity contribution in [1.82, 2.24) is 15.0 Å². The summed E-state index contributed by atoms with van der Waals surface area (Å²) in [5.74, 6) is -0.160. The molecule has 1 heterocycles. The quantitative estimate of drug-likeness (QED) is 0.883. The van der Waals surface area contributed by atoms with Crippen LogP contribution in [0.25, 0.3) is 0 Å². The Morgan fingerprint density at radius 2 is 2.19 bits per heavy atom. The molecular weight excluding hydrogens is 334 g/mol. The van der Waals surface area contributed by atoms with Crippen molar-refractivity contribution in [2.24, 2.45) is 5.73 Å². The molecule has 0 saturated heterocycles. The first-order valence-electron chi connectivity index (χ1n) is 6.51. The van der Waals surface area contributed by atoms with E-state index in [1.54, 1.807) is 6.20 Å². The molecule has 0 atom stereocenters. The van der Waals surface area contributed by atoms with Crippen LogP contribution in [0.1, 0.15) is 25.1 Å². The highest BCUT2D eigenvalue weighted by atomic mass is 79.9. The molecule has 0 bridgehead atoms. The molecule has 2 aromatic rings. The van der Waals surface area contributed by atoms with Crippen molar-refractivity contribution in [3.63, 3.8) is 0 Å². The molecule has 6 nitrogen and oxygen atoms in total. The van der Waals surface area contributed by atoms with Crippen LogP contribution in [0.5, 0.6) is 0 Å². The average molecular weight is 352 g/mol. The van der Waals surface area contributed by atoms with Gasteiger partial charge in [0.1, 0.15) is 12.2 Å². The number of hydrogen-bond acceptors (Lipinski definition) is 4. The molecule has 7 heteroatoms. The first-order chi connectivity index (χ1) is 9.75. The maximum Gasteiger partial charge on any atom is 0.246 e. The van der Waals surface area contributed by atoms with E-state index in [4.69, 9.17) is 5.73 Å². The summed E-state index contributed by atoms with van der Waals surface area (Å²) in [4.78, 5) is 12.0. The fraction of sp³-hybridized carbons (Fsp3) is 0.357. The topological polar surface area (TPSA) is 85.8 Å². The summed E-state index contributed by atoms with van der Waals surface area (Å²) in [5, 5.41) is 10.8. The number of hydrogen-bond donors (Lipinski definition) is 2. The van der Waals surface area contributed by atoms with Crippen LogP contribution in [-0.2, 0) is 16.9 Å². The van der Waals surface area contributed by atoms with Gasteiger partial charge in [0.25, 0.3) is 0 Å². The van der Waals surface area contributed by atoms with E-state index in [0.717, 1.165) is 15.7 Å². The van der Waals surface area contributed by atoms with E-state index < -0.39 is 5.54 Å². The zero-order valence-corrected chi connectivity index (χ0v) is 13.8. The van der Waals surface area contributed by atoms with Gasteiger partial charge in [-0.15, -0.1) is 5.10 Å². The first-order valence-corrected chi connectivity index (χ1v) is 7.30. The third-order valence-corrected chi connectivity index (χ3v) is 3.46. The fourth-order valence-electron chi connectivity index (χ4n) is 1.78. The molecule has 0 aliphatic rings. The van der Waals surface area contributed by atoms with Gasteiger partial charge in [-0.05, 0) is 44.5 Å². The number of rotatable bonds is 4. The van der Waals surface area contributed by atoms with Crippen molar-refractivity contribution in [2.75, 3.05) is 5.32 Å². The van der Waals surface area contributed by atoms with Crippen molar-refractivity contribution >= 4 is 27.5 Å². The second kappa shape index (κ2) is 5.95. The second-order valence-corrected chi connectivity index (χ2v) is 6.45. The zero-order chi connectivity index (χ0) is 15.6. The summed E-state index contributed by atoms with van der Waals surface area (Å²) in [6.45, 7) is 5.71. The number of nitrogens with zero attached hydrogens (tertiary/aromatic N) is 3. The van der Waals surface area contributed by atoms with Crippen LogP contribution in [0.4, 0.5) is 5.69 Å². The van der Waals surface area contributed by atoms with Gasteiger partial charge in [-0.3, -0.25) is 4.79 Å². The van der Waals surface area contributed by atoms with Crippen molar-refractivity contribution in [3.8, 4) is 0 Å². The molecule has 21 heavy (non-hydrogen) atoms. The monoisotopic (exact) mass is 351 g/mol. The molecule has 0 saturated carbocycles. The van der Waals surface area contributed by atoms with Crippen molar-refractivity contribution in [2.45, 2.75) is 32.9 Å². The van der Waals surface area contributed by atoms with E-state index in [-0.39, 0.29) is 12.5 Å². The number of halogens is 1. The predicted octanol–water partition coefficient (Wildman–Crippen LogP) is 2.18. The van der Waals surface area contributed by atoms with E-state index in [1.165, 1.54) is 4.68 Å². The molecule has 0 radical (unpaired) electrons. The lowest BCUT2D eigenvalue weighted by Gasteiger charge is -2.13. The summed E-state index contributed by atoms with van der Waals surface area (Å²) in [7, 11) is 0. The maximum absolute atomic E-state index is 12.0. The molecule has 0 aliphatic heterocycles. The van der Waals surface area contributed by atoms with Gasteiger partial charge in [0, 0.05) is 10.2 Å². The summed E-state index contributed by atoms with van der Waals surface area (Å²) in [6.07, 6.45) is 1.69. The van der Waals surface area contributed by atoms with Crippen LogP contribution in [0, 0.1) is 6.92 Å². The molecule has 1 aromatic heterocycles. The lowest BCUT2D eigenvalue weighted by molar-refractivity contribution is -0.116. The van der Waals surface area contributed by atoms with Crippen LogP contribution < -0.4 is 11.1 Å². The van der Waals surface area contributed by atoms with Crippen LogP contribution >= 0.6 is 15.9 Å². The number of nitrogens with one attached hydrogen (secondary N) is 1. The Morgan fingerprint density at radius 3 is 2.76 bits per heavy atom. The molecule has 0 fully saturated rings. The summed E-state index contributed by atoms with van der Waals surface area (Å²) in [6, 6.07) is 5.68. The minimum atomic E-state index is -0.572. The fourth-order valence-corrected chi connectivity index (χ4v) is 2.25. The van der Waals surface area contributed by atoms with Crippen LogP contribution in [0.3, 0.4) is 0 Å². The zero-order valence-electron chi connectivity index (χ0n) is 12.2. The van der Waals surface area contributed by atoms with Gasteiger partial charge < -0.3 is 11.1 Å². The minimum absolute atomic E-state index is 0.0958. The molecule has 1 aromatic carbocycles. The average Bonchev–Trinajstić information content (AvgIpc) is 2.81. The van der Waals surface area contributed by atoms with Crippen LogP contribution in [0.15, 0.2) is 28.9 Å². The van der Waals surface area contributed by atoms with Gasteiger partial charge in [0.2, 0.25) is 5.91 Å². The number of carbonyl (C=O) groups is 1. The normalized spacial score (nSPS) is 11.5.